The molecule has 7 heteroatoms. The van der Waals surface area contributed by atoms with Gasteiger partial charge in [-0.25, -0.2) is 0 Å². The number of nitrogens with zero attached hydrogens (tertiary/aromatic N) is 3. The number of aromatic nitrogens is 1. The van der Waals surface area contributed by atoms with Crippen molar-refractivity contribution in [2.75, 3.05) is 0 Å². The van der Waals surface area contributed by atoms with Gasteiger partial charge >= 0.3 is 0 Å². The van der Waals surface area contributed by atoms with Crippen LogP contribution in [0.25, 0.3) is 5.69 Å². The van der Waals surface area contributed by atoms with Gasteiger partial charge in [0.25, 0.3) is 5.69 Å². The van der Waals surface area contributed by atoms with Crippen molar-refractivity contribution in [3.63, 3.8) is 0 Å². The molecule has 1 aromatic carbocycles. The number of nitro benzene ring substituents is 1. The van der Waals surface area contributed by atoms with Crippen LogP contribution < -0.4 is 5.73 Å². The molecule has 0 bridgehead atoms. The largest absolute Gasteiger partial charge is 0.366 e. The summed E-state index contributed by atoms with van der Waals surface area (Å²) in [5.41, 5.74) is 5.43. The molecule has 2 rings (SSSR count). The predicted octanol–water partition coefficient (Wildman–Crippen LogP) is 1.36. The van der Waals surface area contributed by atoms with Crippen LogP contribution in [0.5, 0.6) is 0 Å². The average Bonchev–Trinajstić information content (AvgIpc) is 2.85. The Labute approximate surface area is 107 Å². The van der Waals surface area contributed by atoms with Crippen LogP contribution in [0.3, 0.4) is 0 Å². The highest BCUT2D eigenvalue weighted by Crippen LogP contribution is 2.25. The number of nitro groups is 1. The van der Waals surface area contributed by atoms with Crippen molar-refractivity contribution >= 4 is 11.6 Å². The molecule has 1 heterocycles. The minimum Gasteiger partial charge on any atom is -0.366 e. The van der Waals surface area contributed by atoms with Crippen LogP contribution in [0.2, 0.25) is 0 Å². The Balaban J connectivity index is 2.72. The summed E-state index contributed by atoms with van der Waals surface area (Å²) in [6.45, 7) is 0. The van der Waals surface area contributed by atoms with Gasteiger partial charge in [-0.3, -0.25) is 14.9 Å². The summed E-state index contributed by atoms with van der Waals surface area (Å²) >= 11 is 0. The third-order valence-corrected chi connectivity index (χ3v) is 2.58. The Hall–Kier alpha value is -3.14. The van der Waals surface area contributed by atoms with Crippen LogP contribution in [0.15, 0.2) is 36.5 Å². The number of amides is 1. The maximum atomic E-state index is 11.1. The number of benzene rings is 1. The molecule has 7 nitrogen and oxygen atoms in total. The summed E-state index contributed by atoms with van der Waals surface area (Å²) in [6.07, 6.45) is 1.51. The molecule has 2 aromatic rings. The summed E-state index contributed by atoms with van der Waals surface area (Å²) in [5, 5.41) is 19.9. The molecule has 19 heavy (non-hydrogen) atoms. The fraction of sp³-hybridized carbons (Fsp3) is 0. The fourth-order valence-corrected chi connectivity index (χ4v) is 1.71. The summed E-state index contributed by atoms with van der Waals surface area (Å²) in [5.74, 6) is -0.693. The van der Waals surface area contributed by atoms with E-state index in [1.165, 1.54) is 35.0 Å². The molecule has 0 atom stereocenters. The van der Waals surface area contributed by atoms with E-state index in [2.05, 4.69) is 0 Å². The first-order valence-corrected chi connectivity index (χ1v) is 5.20. The number of rotatable bonds is 3. The molecule has 1 aromatic heterocycles. The lowest BCUT2D eigenvalue weighted by Crippen LogP contribution is -2.12. The molecule has 1 amide bonds. The van der Waals surface area contributed by atoms with Crippen molar-refractivity contribution in [2.45, 2.75) is 0 Å². The van der Waals surface area contributed by atoms with Gasteiger partial charge < -0.3 is 10.3 Å². The molecule has 0 unspecified atom stereocenters. The lowest BCUT2D eigenvalue weighted by Gasteiger charge is -2.07. The van der Waals surface area contributed by atoms with E-state index in [1.807, 2.05) is 6.07 Å². The second-order valence-electron chi connectivity index (χ2n) is 3.70. The van der Waals surface area contributed by atoms with Gasteiger partial charge in [0.15, 0.2) is 0 Å². The Bertz CT molecular complexity index is 712. The predicted molar refractivity (Wildman–Crippen MR) is 65.7 cm³/mol. The second-order valence-corrected chi connectivity index (χ2v) is 3.70. The molecule has 0 aliphatic rings. The summed E-state index contributed by atoms with van der Waals surface area (Å²) in [6, 6.07) is 8.77. The molecular weight excluding hydrogens is 248 g/mol. The minimum atomic E-state index is -0.693. The standard InChI is InChI=1S/C12H8N4O3/c13-7-9-2-1-5-15(9)11-6-8(12(14)17)3-4-10(11)16(18)19/h1-6H,(H2,14,17). The van der Waals surface area contributed by atoms with Crippen LogP contribution in [0, 0.1) is 21.4 Å². The van der Waals surface area contributed by atoms with Crippen LogP contribution in [0.1, 0.15) is 16.1 Å². The molecule has 0 fully saturated rings. The van der Waals surface area contributed by atoms with Crippen molar-refractivity contribution in [3.8, 4) is 11.8 Å². The first kappa shape index (κ1) is 12.3. The van der Waals surface area contributed by atoms with E-state index in [9.17, 15) is 14.9 Å². The van der Waals surface area contributed by atoms with E-state index in [1.54, 1.807) is 6.07 Å². The minimum absolute atomic E-state index is 0.128. The summed E-state index contributed by atoms with van der Waals surface area (Å²) < 4.78 is 1.34. The molecule has 0 saturated carbocycles. The van der Waals surface area contributed by atoms with Gasteiger partial charge in [-0.05, 0) is 24.3 Å². The molecule has 0 saturated heterocycles. The zero-order valence-corrected chi connectivity index (χ0v) is 9.61. The quantitative estimate of drug-likeness (QED) is 0.659. The van der Waals surface area contributed by atoms with E-state index in [0.29, 0.717) is 0 Å². The van der Waals surface area contributed by atoms with Crippen LogP contribution in [-0.4, -0.2) is 15.4 Å². The molecule has 0 aliphatic carbocycles. The van der Waals surface area contributed by atoms with Gasteiger partial charge in [0.2, 0.25) is 5.91 Å². The molecule has 94 valence electrons. The lowest BCUT2D eigenvalue weighted by molar-refractivity contribution is -0.384. The normalized spacial score (nSPS) is 9.84. The van der Waals surface area contributed by atoms with Gasteiger partial charge in [0.05, 0.1) is 4.92 Å². The van der Waals surface area contributed by atoms with Crippen LogP contribution in [0.4, 0.5) is 5.69 Å². The first-order valence-electron chi connectivity index (χ1n) is 5.20. The number of carbonyl (C=O) groups is 1. The Morgan fingerprint density at radius 3 is 2.74 bits per heavy atom. The topological polar surface area (TPSA) is 115 Å². The monoisotopic (exact) mass is 256 g/mol. The highest BCUT2D eigenvalue weighted by atomic mass is 16.6. The van der Waals surface area contributed by atoms with Gasteiger partial charge in [-0.1, -0.05) is 0 Å². The first-order chi connectivity index (χ1) is 9.04. The zero-order chi connectivity index (χ0) is 14.0. The maximum Gasteiger partial charge on any atom is 0.293 e. The molecule has 0 radical (unpaired) electrons. The van der Waals surface area contributed by atoms with Crippen LogP contribution >= 0.6 is 0 Å². The van der Waals surface area contributed by atoms with E-state index in [-0.39, 0.29) is 22.6 Å². The third kappa shape index (κ3) is 2.14. The smallest absolute Gasteiger partial charge is 0.293 e. The SMILES string of the molecule is N#Cc1cccn1-c1cc(C(N)=O)ccc1[N+](=O)[O-]. The zero-order valence-electron chi connectivity index (χ0n) is 9.61. The van der Waals surface area contributed by atoms with Gasteiger partial charge in [0, 0.05) is 17.8 Å². The number of nitrogens with two attached hydrogens (primary N) is 1. The van der Waals surface area contributed by atoms with Crippen molar-refractivity contribution in [1.82, 2.24) is 4.57 Å². The number of nitriles is 1. The molecule has 0 spiro atoms. The van der Waals surface area contributed by atoms with E-state index in [0.717, 1.165) is 0 Å². The van der Waals surface area contributed by atoms with E-state index in [4.69, 9.17) is 11.0 Å². The maximum absolute atomic E-state index is 11.1. The van der Waals surface area contributed by atoms with Crippen molar-refractivity contribution < 1.29 is 9.72 Å². The lowest BCUT2D eigenvalue weighted by atomic mass is 10.1. The summed E-state index contributed by atoms with van der Waals surface area (Å²) in [4.78, 5) is 21.5. The number of hydrogen-bond acceptors (Lipinski definition) is 4. The summed E-state index contributed by atoms with van der Waals surface area (Å²) in [7, 11) is 0. The van der Waals surface area contributed by atoms with E-state index < -0.39 is 10.8 Å². The highest BCUT2D eigenvalue weighted by Gasteiger charge is 2.18. The van der Waals surface area contributed by atoms with Crippen molar-refractivity contribution in [2.24, 2.45) is 5.73 Å². The van der Waals surface area contributed by atoms with Gasteiger partial charge in [0.1, 0.15) is 17.5 Å². The highest BCUT2D eigenvalue weighted by molar-refractivity contribution is 5.94. The molecule has 0 aliphatic heterocycles. The van der Waals surface area contributed by atoms with Crippen molar-refractivity contribution in [1.29, 1.82) is 5.26 Å². The van der Waals surface area contributed by atoms with Gasteiger partial charge in [-0.15, -0.1) is 0 Å². The Kier molecular flexibility index (Phi) is 3.00. The Morgan fingerprint density at radius 1 is 1.42 bits per heavy atom. The van der Waals surface area contributed by atoms with E-state index >= 15 is 0 Å². The molecular formula is C12H8N4O3. The number of carbonyl (C=O) groups excluding carboxylic acids is 1. The third-order valence-electron chi connectivity index (χ3n) is 2.58. The number of hydrogen-bond donors (Lipinski definition) is 1. The van der Waals surface area contributed by atoms with Crippen molar-refractivity contribution in [3.05, 3.63) is 57.9 Å². The van der Waals surface area contributed by atoms with Gasteiger partial charge in [-0.2, -0.15) is 5.26 Å². The molecule has 2 N–H and O–H groups in total. The number of primary amides is 1. The second kappa shape index (κ2) is 4.62. The van der Waals surface area contributed by atoms with Crippen LogP contribution in [-0.2, 0) is 0 Å². The Morgan fingerprint density at radius 2 is 2.16 bits per heavy atom. The fourth-order valence-electron chi connectivity index (χ4n) is 1.71. The average molecular weight is 256 g/mol.